The highest BCUT2D eigenvalue weighted by atomic mass is 32.2. The van der Waals surface area contributed by atoms with Crippen LogP contribution >= 0.6 is 0 Å². The monoisotopic (exact) mass is 479 g/mol. The lowest BCUT2D eigenvalue weighted by Gasteiger charge is -2.12. The zero-order valence-corrected chi connectivity index (χ0v) is 19.3. The number of rotatable bonds is 8. The zero-order chi connectivity index (χ0) is 24.1. The molecule has 4 rings (SSSR count). The van der Waals surface area contributed by atoms with Crippen LogP contribution in [-0.4, -0.2) is 32.6 Å². The summed E-state index contributed by atoms with van der Waals surface area (Å²) in [5.41, 5.74) is 2.66. The van der Waals surface area contributed by atoms with E-state index in [0.717, 1.165) is 16.5 Å². The first kappa shape index (κ1) is 23.2. The van der Waals surface area contributed by atoms with Crippen LogP contribution in [0.2, 0.25) is 0 Å². The second-order valence-electron chi connectivity index (χ2n) is 7.43. The molecule has 0 amide bonds. The Morgan fingerprint density at radius 2 is 1.62 bits per heavy atom. The van der Waals surface area contributed by atoms with Crippen molar-refractivity contribution >= 4 is 38.3 Å². The van der Waals surface area contributed by atoms with Crippen molar-refractivity contribution in [2.75, 3.05) is 19.5 Å². The first-order valence-corrected chi connectivity index (χ1v) is 12.0. The number of halogens is 1. The Balaban J connectivity index is 1.50. The highest BCUT2D eigenvalue weighted by molar-refractivity contribution is 7.93. The molecule has 174 valence electrons. The molecule has 0 radical (unpaired) electrons. The van der Waals surface area contributed by atoms with Gasteiger partial charge in [0.1, 0.15) is 18.0 Å². The molecular weight excluding hydrogens is 457 g/mol. The molecule has 4 aromatic rings. The van der Waals surface area contributed by atoms with Crippen LogP contribution in [0.3, 0.4) is 0 Å². The molecule has 0 fully saturated rings. The number of aromatic nitrogens is 2. The lowest BCUT2D eigenvalue weighted by atomic mass is 10.2. The molecule has 7 nitrogen and oxygen atoms in total. The number of sulfone groups is 1. The van der Waals surface area contributed by atoms with E-state index in [-0.39, 0.29) is 11.6 Å². The van der Waals surface area contributed by atoms with E-state index in [1.165, 1.54) is 36.7 Å². The van der Waals surface area contributed by atoms with Crippen LogP contribution in [0, 0.1) is 5.82 Å². The quantitative estimate of drug-likeness (QED) is 0.375. The number of fused-ring (bicyclic) bond motifs is 1. The van der Waals surface area contributed by atoms with Gasteiger partial charge in [-0.05, 0) is 47.5 Å². The largest absolute Gasteiger partial charge is 0.493 e. The van der Waals surface area contributed by atoms with E-state index in [9.17, 15) is 12.8 Å². The van der Waals surface area contributed by atoms with Gasteiger partial charge in [-0.15, -0.1) is 0 Å². The Morgan fingerprint density at radius 1 is 0.941 bits per heavy atom. The Morgan fingerprint density at radius 3 is 2.29 bits per heavy atom. The van der Waals surface area contributed by atoms with Gasteiger partial charge in [0.2, 0.25) is 0 Å². The molecule has 1 aromatic heterocycles. The minimum Gasteiger partial charge on any atom is -0.493 e. The zero-order valence-electron chi connectivity index (χ0n) is 18.5. The third-order valence-corrected chi connectivity index (χ3v) is 6.35. The van der Waals surface area contributed by atoms with Gasteiger partial charge in [0, 0.05) is 22.5 Å². The van der Waals surface area contributed by atoms with Crippen molar-refractivity contribution in [2.24, 2.45) is 0 Å². The third-order valence-electron chi connectivity index (χ3n) is 5.06. The number of hydrogen-bond acceptors (Lipinski definition) is 7. The molecule has 0 aliphatic carbocycles. The molecule has 0 saturated carbocycles. The molecule has 0 bridgehead atoms. The second kappa shape index (κ2) is 9.88. The number of ether oxygens (including phenoxy) is 2. The van der Waals surface area contributed by atoms with E-state index in [1.807, 2.05) is 0 Å². The van der Waals surface area contributed by atoms with E-state index in [0.29, 0.717) is 34.0 Å². The summed E-state index contributed by atoms with van der Waals surface area (Å²) in [6, 6.07) is 16.2. The molecule has 9 heteroatoms. The first-order valence-electron chi connectivity index (χ1n) is 10.3. The van der Waals surface area contributed by atoms with Crippen LogP contribution in [0.15, 0.2) is 72.4 Å². The van der Waals surface area contributed by atoms with E-state index in [4.69, 9.17) is 9.47 Å². The fraction of sp³-hybridized carbons (Fsp3) is 0.120. The fourth-order valence-corrected chi connectivity index (χ4v) is 4.46. The highest BCUT2D eigenvalue weighted by Crippen LogP contribution is 2.34. The summed E-state index contributed by atoms with van der Waals surface area (Å²) in [5, 5.41) is 5.12. The van der Waals surface area contributed by atoms with Crippen molar-refractivity contribution in [1.29, 1.82) is 0 Å². The average Bonchev–Trinajstić information content (AvgIpc) is 2.84. The Bertz CT molecular complexity index is 1440. The minimum absolute atomic E-state index is 0.154. The van der Waals surface area contributed by atoms with Gasteiger partial charge < -0.3 is 14.8 Å². The van der Waals surface area contributed by atoms with Crippen LogP contribution in [0.4, 0.5) is 15.9 Å². The Kier molecular flexibility index (Phi) is 6.74. The minimum atomic E-state index is -3.50. The van der Waals surface area contributed by atoms with Gasteiger partial charge in [-0.3, -0.25) is 0 Å². The summed E-state index contributed by atoms with van der Waals surface area (Å²) in [4.78, 5) is 8.61. The number of nitrogens with one attached hydrogen (secondary N) is 1. The molecule has 0 atom stereocenters. The van der Waals surface area contributed by atoms with Crippen LogP contribution in [0.1, 0.15) is 11.1 Å². The van der Waals surface area contributed by atoms with E-state index in [1.54, 1.807) is 50.6 Å². The SMILES string of the molecule is COc1cc2ncnc(Nc3ccc(CS(=O)(=O)/C=C/c4ccc(F)cc4)cc3)c2cc1OC. The molecule has 34 heavy (non-hydrogen) atoms. The molecule has 0 aliphatic heterocycles. The Hall–Kier alpha value is -3.98. The second-order valence-corrected chi connectivity index (χ2v) is 9.32. The summed E-state index contributed by atoms with van der Waals surface area (Å²) in [6.45, 7) is 0. The standard InChI is InChI=1S/C25H22FN3O4S/c1-32-23-13-21-22(14-24(23)33-2)27-16-28-25(21)29-20-9-5-18(6-10-20)15-34(30,31)12-11-17-3-7-19(26)8-4-17/h3-14,16H,15H2,1-2H3,(H,27,28,29)/b12-11+. The van der Waals surface area contributed by atoms with Crippen LogP contribution < -0.4 is 14.8 Å². The van der Waals surface area contributed by atoms with Crippen molar-refractivity contribution in [3.05, 3.63) is 89.3 Å². The van der Waals surface area contributed by atoms with Gasteiger partial charge in [-0.25, -0.2) is 22.8 Å². The summed E-state index contributed by atoms with van der Waals surface area (Å²) < 4.78 is 48.6. The fourth-order valence-electron chi connectivity index (χ4n) is 3.34. The number of benzene rings is 3. The summed E-state index contributed by atoms with van der Waals surface area (Å²) in [5.74, 6) is 1.18. The summed E-state index contributed by atoms with van der Waals surface area (Å²) >= 11 is 0. The number of hydrogen-bond donors (Lipinski definition) is 1. The van der Waals surface area contributed by atoms with Gasteiger partial charge in [0.15, 0.2) is 21.3 Å². The van der Waals surface area contributed by atoms with Crippen molar-refractivity contribution < 1.29 is 22.3 Å². The maximum atomic E-state index is 13.0. The van der Waals surface area contributed by atoms with Gasteiger partial charge in [-0.1, -0.05) is 24.3 Å². The molecule has 0 unspecified atom stereocenters. The molecule has 0 aliphatic rings. The van der Waals surface area contributed by atoms with Gasteiger partial charge >= 0.3 is 0 Å². The van der Waals surface area contributed by atoms with Gasteiger partial charge in [0.25, 0.3) is 0 Å². The number of nitrogens with zero attached hydrogens (tertiary/aromatic N) is 2. The molecular formula is C25H22FN3O4S. The van der Waals surface area contributed by atoms with Crippen molar-refractivity contribution in [2.45, 2.75) is 5.75 Å². The number of methoxy groups -OCH3 is 2. The van der Waals surface area contributed by atoms with E-state index in [2.05, 4.69) is 15.3 Å². The number of anilines is 2. The van der Waals surface area contributed by atoms with Crippen LogP contribution in [-0.2, 0) is 15.6 Å². The average molecular weight is 480 g/mol. The lowest BCUT2D eigenvalue weighted by molar-refractivity contribution is 0.356. The van der Waals surface area contributed by atoms with Gasteiger partial charge in [-0.2, -0.15) is 0 Å². The van der Waals surface area contributed by atoms with Crippen LogP contribution in [0.25, 0.3) is 17.0 Å². The highest BCUT2D eigenvalue weighted by Gasteiger charge is 2.12. The predicted molar refractivity (Wildman–Crippen MR) is 130 cm³/mol. The predicted octanol–water partition coefficient (Wildman–Crippen LogP) is 5.12. The molecule has 3 aromatic carbocycles. The smallest absolute Gasteiger partial charge is 0.175 e. The van der Waals surface area contributed by atoms with E-state index >= 15 is 0 Å². The van der Waals surface area contributed by atoms with E-state index < -0.39 is 9.84 Å². The third kappa shape index (κ3) is 5.49. The molecule has 0 saturated heterocycles. The van der Waals surface area contributed by atoms with Crippen molar-refractivity contribution in [3.63, 3.8) is 0 Å². The Labute approximate surface area is 196 Å². The lowest BCUT2D eigenvalue weighted by Crippen LogP contribution is -2.01. The molecule has 0 spiro atoms. The molecule has 1 heterocycles. The van der Waals surface area contributed by atoms with Gasteiger partial charge in [0.05, 0.1) is 25.5 Å². The summed E-state index contributed by atoms with van der Waals surface area (Å²) in [7, 11) is -0.381. The normalized spacial score (nSPS) is 11.6. The topological polar surface area (TPSA) is 90.4 Å². The maximum absolute atomic E-state index is 13.0. The first-order chi connectivity index (χ1) is 16.4. The van der Waals surface area contributed by atoms with Crippen molar-refractivity contribution in [3.8, 4) is 11.5 Å². The maximum Gasteiger partial charge on any atom is 0.175 e. The molecule has 1 N–H and O–H groups in total. The van der Waals surface area contributed by atoms with Crippen LogP contribution in [0.5, 0.6) is 11.5 Å². The van der Waals surface area contributed by atoms with Crippen molar-refractivity contribution in [1.82, 2.24) is 9.97 Å². The summed E-state index contributed by atoms with van der Waals surface area (Å²) in [6.07, 6.45) is 2.90.